The van der Waals surface area contributed by atoms with E-state index in [4.69, 9.17) is 5.73 Å². The highest BCUT2D eigenvalue weighted by atomic mass is 35.5. The van der Waals surface area contributed by atoms with Crippen molar-refractivity contribution in [3.05, 3.63) is 53.9 Å². The molecule has 0 bridgehead atoms. The van der Waals surface area contributed by atoms with Crippen LogP contribution in [0.3, 0.4) is 0 Å². The molecule has 1 aromatic carbocycles. The molecule has 0 saturated heterocycles. The van der Waals surface area contributed by atoms with Crippen molar-refractivity contribution in [2.75, 3.05) is 0 Å². The number of hydrogen-bond donors (Lipinski definition) is 2. The van der Waals surface area contributed by atoms with E-state index in [0.717, 1.165) is 31.2 Å². The van der Waals surface area contributed by atoms with E-state index in [0.29, 0.717) is 13.1 Å². The van der Waals surface area contributed by atoms with E-state index in [-0.39, 0.29) is 30.3 Å². The van der Waals surface area contributed by atoms with Gasteiger partial charge in [-0.05, 0) is 36.5 Å². The summed E-state index contributed by atoms with van der Waals surface area (Å²) in [5.74, 6) is 0.200. The molecule has 24 heavy (non-hydrogen) atoms. The Morgan fingerprint density at radius 1 is 1.25 bits per heavy atom. The number of nitrogens with one attached hydrogen (secondary N) is 1. The second-order valence-corrected chi connectivity index (χ2v) is 6.31. The van der Waals surface area contributed by atoms with Gasteiger partial charge in [0.2, 0.25) is 5.91 Å². The van der Waals surface area contributed by atoms with Crippen LogP contribution in [0.1, 0.15) is 36.8 Å². The third-order valence-corrected chi connectivity index (χ3v) is 4.55. The highest BCUT2D eigenvalue weighted by molar-refractivity contribution is 5.85. The van der Waals surface area contributed by atoms with Crippen molar-refractivity contribution in [3.63, 3.8) is 0 Å². The van der Waals surface area contributed by atoms with Crippen LogP contribution in [0, 0.1) is 5.92 Å². The molecule has 2 atom stereocenters. The summed E-state index contributed by atoms with van der Waals surface area (Å²) in [5, 5.41) is 7.33. The average Bonchev–Trinajstić information content (AvgIpc) is 3.07. The highest BCUT2D eigenvalue weighted by Gasteiger charge is 2.25. The number of nitrogens with two attached hydrogens (primary N) is 1. The van der Waals surface area contributed by atoms with E-state index in [2.05, 4.69) is 22.5 Å². The molecule has 1 aromatic heterocycles. The second kappa shape index (κ2) is 8.85. The Bertz CT molecular complexity index is 644. The Hall–Kier alpha value is -1.85. The molecular formula is C18H25ClN4O. The summed E-state index contributed by atoms with van der Waals surface area (Å²) in [7, 11) is 0. The molecule has 3 rings (SSSR count). The first-order chi connectivity index (χ1) is 11.2. The number of benzene rings is 1. The smallest absolute Gasteiger partial charge is 0.223 e. The van der Waals surface area contributed by atoms with Crippen molar-refractivity contribution >= 4 is 18.3 Å². The Morgan fingerprint density at radius 3 is 2.75 bits per heavy atom. The van der Waals surface area contributed by atoms with E-state index in [9.17, 15) is 4.79 Å². The number of amides is 1. The molecule has 5 nitrogen and oxygen atoms in total. The molecule has 0 radical (unpaired) electrons. The van der Waals surface area contributed by atoms with Crippen LogP contribution in [0.4, 0.5) is 0 Å². The fourth-order valence-corrected chi connectivity index (χ4v) is 3.25. The Labute approximate surface area is 149 Å². The van der Waals surface area contributed by atoms with Gasteiger partial charge in [0.1, 0.15) is 0 Å². The lowest BCUT2D eigenvalue weighted by Crippen LogP contribution is -2.37. The predicted molar refractivity (Wildman–Crippen MR) is 96.8 cm³/mol. The molecule has 6 heteroatoms. The van der Waals surface area contributed by atoms with E-state index in [1.807, 2.05) is 29.1 Å². The first kappa shape index (κ1) is 18.5. The first-order valence-electron chi connectivity index (χ1n) is 8.30. The minimum absolute atomic E-state index is 0. The minimum atomic E-state index is 0. The molecule has 1 fully saturated rings. The highest BCUT2D eigenvalue weighted by Crippen LogP contribution is 2.23. The Morgan fingerprint density at radius 2 is 2.04 bits per heavy atom. The number of carbonyl (C=O) groups excluding carboxylic acids is 1. The molecule has 1 aliphatic rings. The largest absolute Gasteiger partial charge is 0.352 e. The summed E-state index contributed by atoms with van der Waals surface area (Å²) in [6.45, 7) is 1.27. The second-order valence-electron chi connectivity index (χ2n) is 6.31. The minimum Gasteiger partial charge on any atom is -0.352 e. The summed E-state index contributed by atoms with van der Waals surface area (Å²) in [6, 6.07) is 10.3. The molecule has 1 aliphatic carbocycles. The predicted octanol–water partition coefficient (Wildman–Crippen LogP) is 2.49. The lowest BCUT2D eigenvalue weighted by atomic mass is 9.85. The standard InChI is InChI=1S/C18H24N4O.ClH/c19-17-8-3-7-14(11-17)18(23)20-12-15-5-1-2-6-16(15)13-22-10-4-9-21-22;/h1-2,4-6,9-10,14,17H,3,7-8,11-13,19H2,(H,20,23);1H. The van der Waals surface area contributed by atoms with Crippen LogP contribution in [-0.4, -0.2) is 21.7 Å². The lowest BCUT2D eigenvalue weighted by molar-refractivity contribution is -0.126. The average molecular weight is 349 g/mol. The Kier molecular flexibility index (Phi) is 6.82. The van der Waals surface area contributed by atoms with E-state index < -0.39 is 0 Å². The van der Waals surface area contributed by atoms with E-state index in [1.54, 1.807) is 6.20 Å². The van der Waals surface area contributed by atoms with Gasteiger partial charge >= 0.3 is 0 Å². The molecule has 2 unspecified atom stereocenters. The van der Waals surface area contributed by atoms with Crippen LogP contribution in [0.5, 0.6) is 0 Å². The number of carbonyl (C=O) groups is 1. The molecule has 0 aliphatic heterocycles. The number of nitrogens with zero attached hydrogens (tertiary/aromatic N) is 2. The van der Waals surface area contributed by atoms with Crippen LogP contribution in [0.15, 0.2) is 42.7 Å². The number of aromatic nitrogens is 2. The normalized spacial score (nSPS) is 20.2. The summed E-state index contributed by atoms with van der Waals surface area (Å²) in [5.41, 5.74) is 8.29. The van der Waals surface area contributed by atoms with Crippen molar-refractivity contribution in [2.24, 2.45) is 11.7 Å². The Balaban J connectivity index is 0.00000208. The number of rotatable bonds is 5. The summed E-state index contributed by atoms with van der Waals surface area (Å²) >= 11 is 0. The number of hydrogen-bond acceptors (Lipinski definition) is 3. The molecule has 1 saturated carbocycles. The van der Waals surface area contributed by atoms with Crippen molar-refractivity contribution in [2.45, 2.75) is 44.8 Å². The van der Waals surface area contributed by atoms with Gasteiger partial charge in [-0.15, -0.1) is 12.4 Å². The van der Waals surface area contributed by atoms with Gasteiger partial charge in [0.15, 0.2) is 0 Å². The third-order valence-electron chi connectivity index (χ3n) is 4.55. The van der Waals surface area contributed by atoms with Gasteiger partial charge in [-0.25, -0.2) is 0 Å². The van der Waals surface area contributed by atoms with Gasteiger partial charge in [-0.3, -0.25) is 9.48 Å². The van der Waals surface area contributed by atoms with Gasteiger partial charge in [-0.2, -0.15) is 5.10 Å². The molecule has 2 aromatic rings. The third kappa shape index (κ3) is 4.82. The molecule has 1 amide bonds. The fourth-order valence-electron chi connectivity index (χ4n) is 3.25. The van der Waals surface area contributed by atoms with Gasteiger partial charge in [0.25, 0.3) is 0 Å². The van der Waals surface area contributed by atoms with Crippen LogP contribution >= 0.6 is 12.4 Å². The van der Waals surface area contributed by atoms with Crippen molar-refractivity contribution in [1.82, 2.24) is 15.1 Å². The van der Waals surface area contributed by atoms with Crippen LogP contribution in [0.2, 0.25) is 0 Å². The van der Waals surface area contributed by atoms with Crippen molar-refractivity contribution in [3.8, 4) is 0 Å². The zero-order valence-electron chi connectivity index (χ0n) is 13.7. The topological polar surface area (TPSA) is 72.9 Å². The molecule has 1 heterocycles. The molecule has 130 valence electrons. The van der Waals surface area contributed by atoms with Crippen LogP contribution in [0.25, 0.3) is 0 Å². The van der Waals surface area contributed by atoms with E-state index in [1.165, 1.54) is 5.56 Å². The maximum Gasteiger partial charge on any atom is 0.223 e. The quantitative estimate of drug-likeness (QED) is 0.871. The maximum absolute atomic E-state index is 12.4. The molecule has 0 spiro atoms. The van der Waals surface area contributed by atoms with Crippen molar-refractivity contribution in [1.29, 1.82) is 0 Å². The maximum atomic E-state index is 12.4. The van der Waals surface area contributed by atoms with Crippen molar-refractivity contribution < 1.29 is 4.79 Å². The van der Waals surface area contributed by atoms with E-state index >= 15 is 0 Å². The molecule has 3 N–H and O–H groups in total. The molecular weight excluding hydrogens is 324 g/mol. The summed E-state index contributed by atoms with van der Waals surface area (Å²) < 4.78 is 1.89. The zero-order valence-corrected chi connectivity index (χ0v) is 14.5. The van der Waals surface area contributed by atoms with Gasteiger partial charge in [0, 0.05) is 30.9 Å². The zero-order chi connectivity index (χ0) is 16.1. The lowest BCUT2D eigenvalue weighted by Gasteiger charge is -2.25. The van der Waals surface area contributed by atoms with Gasteiger partial charge in [0.05, 0.1) is 6.54 Å². The SMILES string of the molecule is Cl.NC1CCCC(C(=O)NCc2ccccc2Cn2cccn2)C1. The first-order valence-corrected chi connectivity index (χ1v) is 8.30. The van der Waals surface area contributed by atoms with Crippen LogP contribution < -0.4 is 11.1 Å². The van der Waals surface area contributed by atoms with Crippen LogP contribution in [-0.2, 0) is 17.9 Å². The fraction of sp³-hybridized carbons (Fsp3) is 0.444. The number of halogens is 1. The summed E-state index contributed by atoms with van der Waals surface area (Å²) in [6.07, 6.45) is 7.57. The van der Waals surface area contributed by atoms with Gasteiger partial charge in [-0.1, -0.05) is 30.7 Å². The monoisotopic (exact) mass is 348 g/mol. The summed E-state index contributed by atoms with van der Waals surface area (Å²) in [4.78, 5) is 12.4. The van der Waals surface area contributed by atoms with Gasteiger partial charge < -0.3 is 11.1 Å².